The van der Waals surface area contributed by atoms with Crippen molar-refractivity contribution in [2.75, 3.05) is 6.61 Å². The third kappa shape index (κ3) is 2.72. The Kier molecular flexibility index (Phi) is 4.59. The van der Waals surface area contributed by atoms with Crippen LogP contribution >= 0.6 is 0 Å². The van der Waals surface area contributed by atoms with Crippen molar-refractivity contribution in [3.8, 4) is 11.5 Å². The van der Waals surface area contributed by atoms with Gasteiger partial charge in [0.25, 0.3) is 0 Å². The Hall–Kier alpha value is -2.13. The number of ether oxygens (including phenoxy) is 1. The predicted molar refractivity (Wildman–Crippen MR) is 109 cm³/mol. The van der Waals surface area contributed by atoms with Gasteiger partial charge in [-0.2, -0.15) is 0 Å². The third-order valence-corrected chi connectivity index (χ3v) is 7.86. The summed E-state index contributed by atoms with van der Waals surface area (Å²) in [5.41, 5.74) is -4.51. The monoisotopic (exact) mass is 434 g/mol. The molecule has 0 aliphatic heterocycles. The van der Waals surface area contributed by atoms with Crippen molar-refractivity contribution < 1.29 is 40.2 Å². The molecule has 0 saturated heterocycles. The van der Waals surface area contributed by atoms with Crippen molar-refractivity contribution in [3.05, 3.63) is 34.9 Å². The van der Waals surface area contributed by atoms with Gasteiger partial charge in [-0.1, -0.05) is 20.8 Å². The van der Waals surface area contributed by atoms with Crippen molar-refractivity contribution in [2.24, 2.45) is 16.7 Å². The SMILES string of the molecule is Cc1cc(O)cc(O)c1C(=O)OC1C[C@]2(C)[C@H]3[C@@H](O)C(C)(C)C[C@@]3(O)C=C(CO)[C@]12O. The molecule has 1 aromatic carbocycles. The Balaban J connectivity index is 1.71. The fourth-order valence-electron chi connectivity index (χ4n) is 6.48. The van der Waals surface area contributed by atoms with Crippen LogP contribution in [0.15, 0.2) is 23.8 Å². The second-order valence-corrected chi connectivity index (χ2v) is 10.3. The van der Waals surface area contributed by atoms with Crippen molar-refractivity contribution >= 4 is 5.97 Å². The number of hydrogen-bond acceptors (Lipinski definition) is 8. The second-order valence-electron chi connectivity index (χ2n) is 10.3. The number of aliphatic hydroxyl groups is 4. The van der Waals surface area contributed by atoms with Gasteiger partial charge < -0.3 is 35.4 Å². The summed E-state index contributed by atoms with van der Waals surface area (Å²) in [7, 11) is 0. The van der Waals surface area contributed by atoms with Gasteiger partial charge in [-0.05, 0) is 48.5 Å². The summed E-state index contributed by atoms with van der Waals surface area (Å²) in [5.74, 6) is -2.23. The topological polar surface area (TPSA) is 148 Å². The van der Waals surface area contributed by atoms with E-state index in [-0.39, 0.29) is 29.7 Å². The number of phenols is 2. The van der Waals surface area contributed by atoms with Crippen molar-refractivity contribution in [3.63, 3.8) is 0 Å². The molecular weight excluding hydrogens is 404 g/mol. The number of carbonyl (C=O) groups is 1. The van der Waals surface area contributed by atoms with Gasteiger partial charge in [0.2, 0.25) is 0 Å². The Bertz CT molecular complexity index is 961. The molecular formula is C23H30O8. The molecule has 6 atom stereocenters. The van der Waals surface area contributed by atoms with Crippen LogP contribution in [0.2, 0.25) is 0 Å². The van der Waals surface area contributed by atoms with Crippen molar-refractivity contribution in [2.45, 2.75) is 63.9 Å². The number of aromatic hydroxyl groups is 2. The van der Waals surface area contributed by atoms with E-state index in [1.54, 1.807) is 6.92 Å². The number of rotatable bonds is 3. The van der Waals surface area contributed by atoms with Gasteiger partial charge >= 0.3 is 5.97 Å². The zero-order chi connectivity index (χ0) is 23.1. The van der Waals surface area contributed by atoms with E-state index in [1.165, 1.54) is 19.1 Å². The van der Waals surface area contributed by atoms with E-state index < -0.39 is 58.5 Å². The van der Waals surface area contributed by atoms with Gasteiger partial charge in [0.15, 0.2) is 0 Å². The minimum absolute atomic E-state index is 0.126. The molecule has 0 heterocycles. The van der Waals surface area contributed by atoms with Gasteiger partial charge in [0.1, 0.15) is 28.8 Å². The van der Waals surface area contributed by atoms with E-state index in [9.17, 15) is 35.4 Å². The molecule has 1 aromatic rings. The van der Waals surface area contributed by atoms with Crippen molar-refractivity contribution in [1.82, 2.24) is 0 Å². The summed E-state index contributed by atoms with van der Waals surface area (Å²) in [6.45, 7) is 6.40. The molecule has 2 saturated carbocycles. The molecule has 6 N–H and O–H groups in total. The lowest BCUT2D eigenvalue weighted by Crippen LogP contribution is -2.76. The highest BCUT2D eigenvalue weighted by Crippen LogP contribution is 2.69. The van der Waals surface area contributed by atoms with Gasteiger partial charge in [-0.25, -0.2) is 4.79 Å². The van der Waals surface area contributed by atoms with Gasteiger partial charge in [-0.15, -0.1) is 0 Å². The zero-order valence-corrected chi connectivity index (χ0v) is 18.1. The summed E-state index contributed by atoms with van der Waals surface area (Å²) < 4.78 is 5.57. The maximum absolute atomic E-state index is 12.8. The Morgan fingerprint density at radius 3 is 2.42 bits per heavy atom. The molecule has 0 spiro atoms. The Morgan fingerprint density at radius 1 is 1.19 bits per heavy atom. The standard InChI is InChI=1S/C23H30O8/c1-11-5-13(25)6-14(26)16(11)19(28)31-15-8-21(4)17-18(27)20(2,3)10-22(17,29)7-12(9-24)23(15,21)30/h5-7,15,17-18,24-27,29-30H,8-10H2,1-4H3/t15?,17-,18-,21-,22+,23+/m1/s1. The van der Waals surface area contributed by atoms with Crippen LogP contribution in [-0.4, -0.2) is 66.6 Å². The molecule has 4 rings (SSSR count). The molecule has 170 valence electrons. The predicted octanol–water partition coefficient (Wildman–Crippen LogP) is 1.14. The highest BCUT2D eigenvalue weighted by molar-refractivity contribution is 5.94. The fraction of sp³-hybridized carbons (Fsp3) is 0.609. The summed E-state index contributed by atoms with van der Waals surface area (Å²) in [6.07, 6.45) is -0.112. The van der Waals surface area contributed by atoms with Crippen LogP contribution in [0.25, 0.3) is 0 Å². The molecule has 0 radical (unpaired) electrons. The average molecular weight is 434 g/mol. The fourth-order valence-corrected chi connectivity index (χ4v) is 6.48. The van der Waals surface area contributed by atoms with E-state index in [1.807, 2.05) is 13.8 Å². The van der Waals surface area contributed by atoms with E-state index in [2.05, 4.69) is 0 Å². The normalized spacial score (nSPS) is 40.4. The first-order valence-electron chi connectivity index (χ1n) is 10.4. The van der Waals surface area contributed by atoms with Gasteiger partial charge in [-0.3, -0.25) is 0 Å². The smallest absolute Gasteiger partial charge is 0.342 e. The largest absolute Gasteiger partial charge is 0.508 e. The van der Waals surface area contributed by atoms with Gasteiger partial charge in [0.05, 0.1) is 18.3 Å². The maximum atomic E-state index is 12.8. The number of aryl methyl sites for hydroxylation is 1. The van der Waals surface area contributed by atoms with Crippen LogP contribution in [0.4, 0.5) is 0 Å². The van der Waals surface area contributed by atoms with Crippen LogP contribution in [0.3, 0.4) is 0 Å². The minimum Gasteiger partial charge on any atom is -0.508 e. The van der Waals surface area contributed by atoms with Crippen molar-refractivity contribution in [1.29, 1.82) is 0 Å². The third-order valence-electron chi connectivity index (χ3n) is 7.86. The van der Waals surface area contributed by atoms with E-state index in [4.69, 9.17) is 4.74 Å². The van der Waals surface area contributed by atoms with Crippen LogP contribution in [0.1, 0.15) is 49.5 Å². The van der Waals surface area contributed by atoms with Crippen LogP contribution in [-0.2, 0) is 4.74 Å². The average Bonchev–Trinajstić information content (AvgIpc) is 2.81. The number of phenolic OH excluding ortho intramolecular Hbond substituents is 2. The molecule has 3 aliphatic carbocycles. The number of aliphatic hydroxyl groups excluding tert-OH is 2. The highest BCUT2D eigenvalue weighted by atomic mass is 16.6. The number of esters is 1. The first kappa shape index (κ1) is 22.1. The van der Waals surface area contributed by atoms with E-state index in [0.717, 1.165) is 6.07 Å². The lowest BCUT2D eigenvalue weighted by molar-refractivity contribution is -0.276. The molecule has 2 fully saturated rings. The van der Waals surface area contributed by atoms with Crippen LogP contribution in [0, 0.1) is 23.7 Å². The molecule has 8 nitrogen and oxygen atoms in total. The Labute approximate surface area is 180 Å². The molecule has 0 amide bonds. The quantitative estimate of drug-likeness (QED) is 0.307. The molecule has 0 bridgehead atoms. The minimum atomic E-state index is -1.78. The molecule has 1 unspecified atom stereocenters. The lowest BCUT2D eigenvalue weighted by Gasteiger charge is -2.66. The number of hydrogen-bond donors (Lipinski definition) is 6. The highest BCUT2D eigenvalue weighted by Gasteiger charge is 2.77. The molecule has 31 heavy (non-hydrogen) atoms. The summed E-state index contributed by atoms with van der Waals surface area (Å²) >= 11 is 0. The Morgan fingerprint density at radius 2 is 1.84 bits per heavy atom. The maximum Gasteiger partial charge on any atom is 0.342 e. The first-order valence-corrected chi connectivity index (χ1v) is 10.4. The molecule has 3 aliphatic rings. The van der Waals surface area contributed by atoms with E-state index >= 15 is 0 Å². The first-order chi connectivity index (χ1) is 14.2. The van der Waals surface area contributed by atoms with Crippen LogP contribution in [0.5, 0.6) is 11.5 Å². The second kappa shape index (κ2) is 6.45. The number of benzene rings is 1. The molecule has 0 aromatic heterocycles. The number of carbonyl (C=O) groups excluding carboxylic acids is 1. The summed E-state index contributed by atoms with van der Waals surface area (Å²) in [4.78, 5) is 12.8. The summed E-state index contributed by atoms with van der Waals surface area (Å²) in [6, 6.07) is 2.34. The number of fused-ring (bicyclic) bond motifs is 3. The van der Waals surface area contributed by atoms with Gasteiger partial charge in [0, 0.05) is 17.4 Å². The zero-order valence-electron chi connectivity index (χ0n) is 18.1. The lowest BCUT2D eigenvalue weighted by atomic mass is 9.43. The van der Waals surface area contributed by atoms with E-state index in [0.29, 0.717) is 5.56 Å². The van der Waals surface area contributed by atoms with Crippen LogP contribution < -0.4 is 0 Å². The molecule has 8 heteroatoms. The summed E-state index contributed by atoms with van der Waals surface area (Å²) in [5, 5.41) is 63.7.